The number of phenolic OH excluding ortho intramolecular Hbond substituents is 1. The molecule has 0 aromatic heterocycles. The Labute approximate surface area is 205 Å². The highest BCUT2D eigenvalue weighted by Crippen LogP contribution is 2.35. The van der Waals surface area contributed by atoms with Gasteiger partial charge in [-0.3, -0.25) is 9.59 Å². The summed E-state index contributed by atoms with van der Waals surface area (Å²) < 4.78 is 11.1. The first-order valence-corrected chi connectivity index (χ1v) is 11.8. The summed E-state index contributed by atoms with van der Waals surface area (Å²) in [5.41, 5.74) is 1.30. The van der Waals surface area contributed by atoms with Crippen molar-refractivity contribution in [2.24, 2.45) is 5.92 Å². The second-order valence-corrected chi connectivity index (χ2v) is 9.67. The lowest BCUT2D eigenvalue weighted by Gasteiger charge is -2.41. The number of ether oxygens (including phenoxy) is 2. The molecule has 2 heterocycles. The van der Waals surface area contributed by atoms with Gasteiger partial charge in [-0.1, -0.05) is 36.8 Å². The van der Waals surface area contributed by atoms with Gasteiger partial charge < -0.3 is 30.1 Å². The molecule has 4 bridgehead atoms. The Balaban J connectivity index is 1.99. The number of phenols is 1. The monoisotopic (exact) mass is 485 g/mol. The van der Waals surface area contributed by atoms with Crippen molar-refractivity contribution in [1.29, 1.82) is 0 Å². The second-order valence-electron chi connectivity index (χ2n) is 9.67. The average Bonchev–Trinajstić information content (AvgIpc) is 2.74. The summed E-state index contributed by atoms with van der Waals surface area (Å²) in [6.07, 6.45) is 5.03. The third-order valence-corrected chi connectivity index (χ3v) is 6.50. The maximum atomic E-state index is 12.6. The van der Waals surface area contributed by atoms with Gasteiger partial charge in [0.2, 0.25) is 5.91 Å². The lowest BCUT2D eigenvalue weighted by molar-refractivity contribution is -0.185. The van der Waals surface area contributed by atoms with Gasteiger partial charge in [0.25, 0.3) is 0 Å². The summed E-state index contributed by atoms with van der Waals surface area (Å²) in [5, 5.41) is 34.8. The Kier molecular flexibility index (Phi) is 8.53. The molecular formula is C27H35NO7. The number of hydrogen-bond donors (Lipinski definition) is 4. The van der Waals surface area contributed by atoms with Crippen LogP contribution in [-0.4, -0.2) is 58.2 Å². The highest BCUT2D eigenvalue weighted by molar-refractivity contribution is 5.91. The number of allylic oxidation sites excluding steroid dienone is 3. The quantitative estimate of drug-likeness (QED) is 0.356. The summed E-state index contributed by atoms with van der Waals surface area (Å²) in [4.78, 5) is 24.9. The first kappa shape index (κ1) is 26.7. The van der Waals surface area contributed by atoms with Crippen molar-refractivity contribution in [3.8, 4) is 5.75 Å². The molecule has 4 N–H and O–H groups in total. The molecule has 2 aliphatic rings. The van der Waals surface area contributed by atoms with E-state index in [9.17, 15) is 24.9 Å². The zero-order valence-corrected chi connectivity index (χ0v) is 20.7. The number of fused-ring (bicyclic) bond motifs is 4. The molecule has 8 nitrogen and oxygen atoms in total. The number of hydrogen-bond acceptors (Lipinski definition) is 7. The lowest BCUT2D eigenvalue weighted by Crippen LogP contribution is -2.52. The predicted molar refractivity (Wildman–Crippen MR) is 132 cm³/mol. The molecule has 8 heteroatoms. The summed E-state index contributed by atoms with van der Waals surface area (Å²) in [6, 6.07) is 4.85. The maximum Gasteiger partial charge on any atom is 0.309 e. The molecule has 1 amide bonds. The fourth-order valence-corrected chi connectivity index (χ4v) is 4.64. The van der Waals surface area contributed by atoms with Gasteiger partial charge in [-0.2, -0.15) is 0 Å². The van der Waals surface area contributed by atoms with Crippen LogP contribution in [0.3, 0.4) is 0 Å². The molecule has 190 valence electrons. The second kappa shape index (κ2) is 11.2. The van der Waals surface area contributed by atoms with E-state index in [-0.39, 0.29) is 30.9 Å². The summed E-state index contributed by atoms with van der Waals surface area (Å²) in [7, 11) is 1.48. The Morgan fingerprint density at radius 2 is 1.94 bits per heavy atom. The minimum atomic E-state index is -1.45. The molecular weight excluding hydrogens is 450 g/mol. The standard InChI is InChI=1S/C27H35NO7/c1-16-6-5-7-24(34-4)27(33)14-23(35-26(32)15-27)18(3)9-17(2)22(30)13-25(31)28-20-10-19(8-16)11-21(29)12-20/h5-7,9-12,18,22-24,29-30,33H,8,13-15H2,1-4H3,(H,28,31)/b7-5+,16-6+,17-9+/t18-,22-,23-,24+,27?/m0/s1. The van der Waals surface area contributed by atoms with Gasteiger partial charge in [-0.25, -0.2) is 0 Å². The molecule has 1 unspecified atom stereocenters. The number of methoxy groups -OCH3 is 1. The summed E-state index contributed by atoms with van der Waals surface area (Å²) in [5.74, 6) is -1.21. The normalized spacial score (nSPS) is 34.6. The molecule has 0 saturated carbocycles. The van der Waals surface area contributed by atoms with Crippen LogP contribution >= 0.6 is 0 Å². The molecule has 3 rings (SSSR count). The topological polar surface area (TPSA) is 125 Å². The van der Waals surface area contributed by atoms with Crippen molar-refractivity contribution in [2.75, 3.05) is 12.4 Å². The molecule has 1 saturated heterocycles. The van der Waals surface area contributed by atoms with Crippen LogP contribution in [0.5, 0.6) is 5.75 Å². The van der Waals surface area contributed by atoms with E-state index in [1.807, 2.05) is 19.9 Å². The molecule has 5 atom stereocenters. The largest absolute Gasteiger partial charge is 0.508 e. The van der Waals surface area contributed by atoms with E-state index in [0.29, 0.717) is 17.7 Å². The number of carbonyl (C=O) groups is 2. The van der Waals surface area contributed by atoms with Crippen molar-refractivity contribution in [1.82, 2.24) is 0 Å². The van der Waals surface area contributed by atoms with E-state index in [1.165, 1.54) is 13.2 Å². The third-order valence-electron chi connectivity index (χ3n) is 6.50. The van der Waals surface area contributed by atoms with Crippen LogP contribution in [0.4, 0.5) is 5.69 Å². The number of esters is 1. The number of amides is 1. The Hall–Kier alpha value is -2.94. The number of nitrogens with one attached hydrogen (secondary N) is 1. The van der Waals surface area contributed by atoms with Crippen LogP contribution in [0, 0.1) is 5.92 Å². The van der Waals surface area contributed by atoms with Crippen molar-refractivity contribution < 1.29 is 34.4 Å². The van der Waals surface area contributed by atoms with E-state index in [0.717, 1.165) is 11.1 Å². The van der Waals surface area contributed by atoms with E-state index in [4.69, 9.17) is 9.47 Å². The molecule has 0 aliphatic carbocycles. The van der Waals surface area contributed by atoms with Crippen LogP contribution in [0.25, 0.3) is 0 Å². The highest BCUT2D eigenvalue weighted by Gasteiger charge is 2.46. The van der Waals surface area contributed by atoms with Gasteiger partial charge in [0.05, 0.1) is 18.9 Å². The number of aliphatic hydroxyl groups is 2. The fourth-order valence-electron chi connectivity index (χ4n) is 4.64. The Morgan fingerprint density at radius 3 is 2.66 bits per heavy atom. The van der Waals surface area contributed by atoms with Gasteiger partial charge in [0.1, 0.15) is 23.6 Å². The maximum absolute atomic E-state index is 12.6. The average molecular weight is 486 g/mol. The predicted octanol–water partition coefficient (Wildman–Crippen LogP) is 3.17. The van der Waals surface area contributed by atoms with E-state index < -0.39 is 35.8 Å². The zero-order chi connectivity index (χ0) is 25.8. The van der Waals surface area contributed by atoms with Gasteiger partial charge >= 0.3 is 5.97 Å². The van der Waals surface area contributed by atoms with Crippen molar-refractivity contribution in [2.45, 2.75) is 70.4 Å². The number of rotatable bonds is 1. The molecule has 0 spiro atoms. The first-order chi connectivity index (χ1) is 16.5. The number of aliphatic hydroxyl groups excluding tert-OH is 1. The van der Waals surface area contributed by atoms with Crippen LogP contribution < -0.4 is 5.32 Å². The minimum Gasteiger partial charge on any atom is -0.508 e. The lowest BCUT2D eigenvalue weighted by atomic mass is 9.80. The van der Waals surface area contributed by atoms with Crippen molar-refractivity contribution >= 4 is 17.6 Å². The smallest absolute Gasteiger partial charge is 0.309 e. The number of aromatic hydroxyl groups is 1. The van der Waals surface area contributed by atoms with Crippen molar-refractivity contribution in [3.05, 3.63) is 59.2 Å². The number of benzene rings is 1. The van der Waals surface area contributed by atoms with Crippen LogP contribution in [0.2, 0.25) is 0 Å². The van der Waals surface area contributed by atoms with Crippen LogP contribution in [-0.2, 0) is 25.5 Å². The molecule has 2 aliphatic heterocycles. The first-order valence-electron chi connectivity index (χ1n) is 11.8. The molecule has 1 fully saturated rings. The van der Waals surface area contributed by atoms with Crippen LogP contribution in [0.15, 0.2) is 53.6 Å². The van der Waals surface area contributed by atoms with Gasteiger partial charge in [-0.15, -0.1) is 0 Å². The van der Waals surface area contributed by atoms with Gasteiger partial charge in [0, 0.05) is 31.2 Å². The minimum absolute atomic E-state index is 0.0242. The Morgan fingerprint density at radius 1 is 1.20 bits per heavy atom. The number of carbonyl (C=O) groups excluding carboxylic acids is 2. The van der Waals surface area contributed by atoms with Gasteiger partial charge in [-0.05, 0) is 43.5 Å². The molecule has 1 aromatic carbocycles. The summed E-state index contributed by atoms with van der Waals surface area (Å²) in [6.45, 7) is 5.46. The Bertz CT molecular complexity index is 1040. The summed E-state index contributed by atoms with van der Waals surface area (Å²) >= 11 is 0. The van der Waals surface area contributed by atoms with E-state index >= 15 is 0 Å². The SMILES string of the molecule is CO[C@@H]1/C=C/C=C(\C)Cc2cc(O)cc(c2)NC(=O)C[C@H](O)/C(C)=C/[C@H](C)[C@@H]2CC1(O)CC(=O)O2. The fraction of sp³-hybridized carbons (Fsp3) is 0.481. The zero-order valence-electron chi connectivity index (χ0n) is 20.7. The van der Waals surface area contributed by atoms with Crippen LogP contribution in [0.1, 0.15) is 45.6 Å². The molecule has 35 heavy (non-hydrogen) atoms. The highest BCUT2D eigenvalue weighted by atomic mass is 16.6. The van der Waals surface area contributed by atoms with Crippen molar-refractivity contribution in [3.63, 3.8) is 0 Å². The number of anilines is 1. The third kappa shape index (κ3) is 7.04. The van der Waals surface area contributed by atoms with E-state index in [1.54, 1.807) is 37.3 Å². The van der Waals surface area contributed by atoms with E-state index in [2.05, 4.69) is 5.32 Å². The van der Waals surface area contributed by atoms with Gasteiger partial charge in [0.15, 0.2) is 0 Å². The molecule has 0 radical (unpaired) electrons. The molecule has 1 aromatic rings.